The van der Waals surface area contributed by atoms with Gasteiger partial charge in [0.05, 0.1) is 11.9 Å². The van der Waals surface area contributed by atoms with Gasteiger partial charge in [0.15, 0.2) is 5.17 Å². The van der Waals surface area contributed by atoms with E-state index in [4.69, 9.17) is 19.6 Å². The quantitative estimate of drug-likeness (QED) is 0.347. The molecule has 2 unspecified atom stereocenters. The fourth-order valence-corrected chi connectivity index (χ4v) is 5.41. The predicted octanol–water partition coefficient (Wildman–Crippen LogP) is 5.56. The van der Waals surface area contributed by atoms with Gasteiger partial charge in [-0.05, 0) is 67.0 Å². The molecule has 2 heterocycles. The SMILES string of the molecule is CCC(=O)Oc1cc2c(cc1C(C)(C)C)OC(C)(CCOc1ccc(CC3SC(=N)NC3=O)cc1)CC2. The monoisotopic (exact) mass is 524 g/mol. The number of hydrogen-bond acceptors (Lipinski definition) is 7. The zero-order chi connectivity index (χ0) is 26.8. The van der Waals surface area contributed by atoms with Gasteiger partial charge in [0, 0.05) is 18.4 Å². The molecule has 2 atom stereocenters. The molecule has 1 saturated heterocycles. The van der Waals surface area contributed by atoms with Crippen molar-refractivity contribution in [3.63, 3.8) is 0 Å². The Morgan fingerprint density at radius 3 is 2.59 bits per heavy atom. The lowest BCUT2D eigenvalue weighted by Gasteiger charge is -2.37. The summed E-state index contributed by atoms with van der Waals surface area (Å²) in [6.07, 6.45) is 3.33. The number of nitrogens with one attached hydrogen (secondary N) is 2. The van der Waals surface area contributed by atoms with Crippen molar-refractivity contribution in [1.82, 2.24) is 5.32 Å². The summed E-state index contributed by atoms with van der Waals surface area (Å²) in [5.74, 6) is 1.91. The number of ether oxygens (including phenoxy) is 3. The van der Waals surface area contributed by atoms with E-state index < -0.39 is 0 Å². The van der Waals surface area contributed by atoms with Gasteiger partial charge in [-0.3, -0.25) is 15.0 Å². The Labute approximate surface area is 223 Å². The van der Waals surface area contributed by atoms with Gasteiger partial charge >= 0.3 is 5.97 Å². The molecule has 2 aromatic carbocycles. The number of aryl methyl sites for hydroxylation is 1. The van der Waals surface area contributed by atoms with Crippen LogP contribution in [0.25, 0.3) is 0 Å². The Kier molecular flexibility index (Phi) is 7.88. The van der Waals surface area contributed by atoms with Crippen molar-refractivity contribution in [2.45, 2.75) is 83.0 Å². The molecule has 2 aromatic rings. The fourth-order valence-electron chi connectivity index (χ4n) is 4.52. The van der Waals surface area contributed by atoms with Crippen LogP contribution in [0.5, 0.6) is 17.2 Å². The molecule has 0 radical (unpaired) electrons. The number of benzene rings is 2. The predicted molar refractivity (Wildman–Crippen MR) is 146 cm³/mol. The Bertz CT molecular complexity index is 1190. The van der Waals surface area contributed by atoms with Crippen LogP contribution in [0.2, 0.25) is 0 Å². The third-order valence-electron chi connectivity index (χ3n) is 6.80. The van der Waals surface area contributed by atoms with Crippen LogP contribution in [-0.2, 0) is 27.8 Å². The van der Waals surface area contributed by atoms with Gasteiger partial charge < -0.3 is 19.5 Å². The molecule has 2 aliphatic heterocycles. The normalized spacial score (nSPS) is 21.2. The minimum absolute atomic E-state index is 0.106. The van der Waals surface area contributed by atoms with Crippen LogP contribution in [0, 0.1) is 5.41 Å². The molecule has 198 valence electrons. The second kappa shape index (κ2) is 10.8. The van der Waals surface area contributed by atoms with Crippen LogP contribution in [0.15, 0.2) is 36.4 Å². The smallest absolute Gasteiger partial charge is 0.310 e. The van der Waals surface area contributed by atoms with Crippen molar-refractivity contribution in [2.24, 2.45) is 0 Å². The average molecular weight is 525 g/mol. The Morgan fingerprint density at radius 1 is 1.24 bits per heavy atom. The van der Waals surface area contributed by atoms with Crippen LogP contribution in [0.4, 0.5) is 0 Å². The van der Waals surface area contributed by atoms with Crippen LogP contribution >= 0.6 is 11.8 Å². The van der Waals surface area contributed by atoms with Crippen LogP contribution in [0.3, 0.4) is 0 Å². The molecule has 8 heteroatoms. The van der Waals surface area contributed by atoms with Crippen molar-refractivity contribution in [1.29, 1.82) is 5.41 Å². The van der Waals surface area contributed by atoms with E-state index in [1.165, 1.54) is 11.8 Å². The summed E-state index contributed by atoms with van der Waals surface area (Å²) >= 11 is 1.26. The number of carbonyl (C=O) groups is 2. The van der Waals surface area contributed by atoms with Gasteiger partial charge in [0.25, 0.3) is 0 Å². The second-order valence-corrected chi connectivity index (χ2v) is 12.2. The van der Waals surface area contributed by atoms with Crippen molar-refractivity contribution in [3.05, 3.63) is 53.1 Å². The number of amidine groups is 1. The van der Waals surface area contributed by atoms with Gasteiger partial charge in [0.1, 0.15) is 22.8 Å². The lowest BCUT2D eigenvalue weighted by molar-refractivity contribution is -0.134. The summed E-state index contributed by atoms with van der Waals surface area (Å²) in [6, 6.07) is 11.8. The Hall–Kier alpha value is -3.00. The summed E-state index contributed by atoms with van der Waals surface area (Å²) in [5, 5.41) is 10.1. The first kappa shape index (κ1) is 27.0. The van der Waals surface area contributed by atoms with Crippen LogP contribution in [0.1, 0.15) is 70.6 Å². The van der Waals surface area contributed by atoms with Gasteiger partial charge in [-0.15, -0.1) is 0 Å². The number of hydrogen-bond donors (Lipinski definition) is 2. The molecule has 0 bridgehead atoms. The number of esters is 1. The van der Waals surface area contributed by atoms with Crippen molar-refractivity contribution in [3.8, 4) is 17.2 Å². The van der Waals surface area contributed by atoms with Crippen LogP contribution in [-0.4, -0.2) is 34.5 Å². The molecular weight excluding hydrogens is 488 g/mol. The number of amides is 1. The highest BCUT2D eigenvalue weighted by Crippen LogP contribution is 2.42. The highest BCUT2D eigenvalue weighted by Gasteiger charge is 2.34. The molecule has 2 N–H and O–H groups in total. The summed E-state index contributed by atoms with van der Waals surface area (Å²) in [4.78, 5) is 23.9. The molecule has 0 spiro atoms. The van der Waals surface area contributed by atoms with E-state index in [0.29, 0.717) is 25.2 Å². The third-order valence-corrected chi connectivity index (χ3v) is 7.80. The maximum absolute atomic E-state index is 12.0. The number of rotatable bonds is 8. The lowest BCUT2D eigenvalue weighted by Crippen LogP contribution is -2.38. The maximum Gasteiger partial charge on any atom is 0.310 e. The first-order valence-electron chi connectivity index (χ1n) is 12.8. The van der Waals surface area contributed by atoms with Gasteiger partial charge in [-0.2, -0.15) is 0 Å². The zero-order valence-electron chi connectivity index (χ0n) is 22.2. The van der Waals surface area contributed by atoms with Crippen LogP contribution < -0.4 is 19.5 Å². The molecular formula is C29H36N2O5S. The first-order valence-corrected chi connectivity index (χ1v) is 13.7. The van der Waals surface area contributed by atoms with Gasteiger partial charge in [0.2, 0.25) is 5.91 Å². The third kappa shape index (κ3) is 6.66. The molecule has 1 amide bonds. The van der Waals surface area contributed by atoms with E-state index in [1.807, 2.05) is 36.4 Å². The van der Waals surface area contributed by atoms with E-state index in [9.17, 15) is 9.59 Å². The summed E-state index contributed by atoms with van der Waals surface area (Å²) in [6.45, 7) is 10.7. The number of thioether (sulfide) groups is 1. The minimum Gasteiger partial charge on any atom is -0.493 e. The van der Waals surface area contributed by atoms with Gasteiger partial charge in [-0.25, -0.2) is 0 Å². The van der Waals surface area contributed by atoms with E-state index in [1.54, 1.807) is 6.92 Å². The molecule has 1 fully saturated rings. The number of carbonyl (C=O) groups excluding carboxylic acids is 2. The van der Waals surface area contributed by atoms with Crippen molar-refractivity contribution >= 4 is 28.8 Å². The van der Waals surface area contributed by atoms with Crippen molar-refractivity contribution in [2.75, 3.05) is 6.61 Å². The first-order chi connectivity index (χ1) is 17.5. The minimum atomic E-state index is -0.360. The standard InChI is InChI=1S/C29H36N2O5S/c1-6-25(32)35-23-16-19-11-12-29(5,36-22(19)17-21(23)28(2,3)4)13-14-34-20-9-7-18(8-10-20)15-24-26(33)31-27(30)37-24/h7-10,16-17,24H,6,11-15H2,1-5H3,(H2,30,31,33). The Balaban J connectivity index is 1.36. The summed E-state index contributed by atoms with van der Waals surface area (Å²) < 4.78 is 18.2. The largest absolute Gasteiger partial charge is 0.493 e. The average Bonchev–Trinajstić information content (AvgIpc) is 3.15. The summed E-state index contributed by atoms with van der Waals surface area (Å²) in [5.41, 5.74) is 2.49. The molecule has 0 aromatic heterocycles. The maximum atomic E-state index is 12.0. The highest BCUT2D eigenvalue weighted by atomic mass is 32.2. The summed E-state index contributed by atoms with van der Waals surface area (Å²) in [7, 11) is 0. The van der Waals surface area contributed by atoms with E-state index >= 15 is 0 Å². The lowest BCUT2D eigenvalue weighted by atomic mass is 9.83. The molecule has 37 heavy (non-hydrogen) atoms. The molecule has 0 aliphatic carbocycles. The number of fused-ring (bicyclic) bond motifs is 1. The van der Waals surface area contributed by atoms with E-state index in [0.717, 1.165) is 47.5 Å². The molecule has 0 saturated carbocycles. The van der Waals surface area contributed by atoms with E-state index in [2.05, 4.69) is 33.0 Å². The second-order valence-electron chi connectivity index (χ2n) is 11.0. The Morgan fingerprint density at radius 2 is 1.97 bits per heavy atom. The topological polar surface area (TPSA) is 97.7 Å². The van der Waals surface area contributed by atoms with Crippen molar-refractivity contribution < 1.29 is 23.8 Å². The highest BCUT2D eigenvalue weighted by molar-refractivity contribution is 8.15. The molecule has 2 aliphatic rings. The fraction of sp³-hybridized carbons (Fsp3) is 0.483. The van der Waals surface area contributed by atoms with E-state index in [-0.39, 0.29) is 33.3 Å². The van der Waals surface area contributed by atoms with Gasteiger partial charge in [-0.1, -0.05) is 51.6 Å². The zero-order valence-corrected chi connectivity index (χ0v) is 23.1. The molecule has 7 nitrogen and oxygen atoms in total. The molecule has 4 rings (SSSR count).